The van der Waals surface area contributed by atoms with Crippen molar-refractivity contribution in [1.82, 2.24) is 4.72 Å². The normalized spacial score (nSPS) is 12.5. The predicted octanol–water partition coefficient (Wildman–Crippen LogP) is 4.26. The quantitative estimate of drug-likeness (QED) is 0.491. The first kappa shape index (κ1) is 23.1. The second-order valence-corrected chi connectivity index (χ2v) is 9.91. The highest BCUT2D eigenvalue weighted by molar-refractivity contribution is 7.89. The number of benzene rings is 2. The topological polar surface area (TPSA) is 92.7 Å². The van der Waals surface area contributed by atoms with Crippen LogP contribution in [0.3, 0.4) is 0 Å². The lowest BCUT2D eigenvalue weighted by Crippen LogP contribution is -2.34. The van der Waals surface area contributed by atoms with Gasteiger partial charge in [0.25, 0.3) is 0 Å². The van der Waals surface area contributed by atoms with E-state index in [0.29, 0.717) is 10.6 Å². The van der Waals surface area contributed by atoms with Gasteiger partial charge in [0.05, 0.1) is 23.5 Å². The fraction of sp³-hybridized carbons (Fsp3) is 0.261. The van der Waals surface area contributed by atoms with E-state index in [2.05, 4.69) is 4.72 Å². The molecule has 2 N–H and O–H groups in total. The molecule has 0 bridgehead atoms. The molecule has 1 unspecified atom stereocenters. The van der Waals surface area contributed by atoms with Gasteiger partial charge in [0, 0.05) is 17.2 Å². The molecule has 0 aliphatic heterocycles. The van der Waals surface area contributed by atoms with Crippen molar-refractivity contribution in [3.05, 3.63) is 58.3 Å². The number of hydrogen-bond donors (Lipinski definition) is 2. The first-order valence-corrected chi connectivity index (χ1v) is 12.1. The third kappa shape index (κ3) is 4.72. The summed E-state index contributed by atoms with van der Waals surface area (Å²) in [5, 5.41) is 11.0. The highest BCUT2D eigenvalue weighted by atomic mass is 32.2. The fourth-order valence-electron chi connectivity index (χ4n) is 3.44. The molecule has 0 radical (unpaired) electrons. The second-order valence-electron chi connectivity index (χ2n) is 7.28. The Morgan fingerprint density at radius 2 is 1.81 bits per heavy atom. The Balaban J connectivity index is 2.16. The van der Waals surface area contributed by atoms with Gasteiger partial charge in [0.2, 0.25) is 10.0 Å². The summed E-state index contributed by atoms with van der Waals surface area (Å²) in [5.74, 6) is 0.618. The van der Waals surface area contributed by atoms with Crippen LogP contribution in [0.25, 0.3) is 22.3 Å². The van der Waals surface area contributed by atoms with Gasteiger partial charge in [0.1, 0.15) is 5.75 Å². The molecular formula is C23H25NO5S2. The van der Waals surface area contributed by atoms with E-state index in [0.717, 1.165) is 27.8 Å². The number of hydrogen-bond acceptors (Lipinski definition) is 6. The highest BCUT2D eigenvalue weighted by Gasteiger charge is 2.22. The lowest BCUT2D eigenvalue weighted by Gasteiger charge is -2.18. The number of methoxy groups -OCH3 is 1. The number of ether oxygens (including phenoxy) is 1. The van der Waals surface area contributed by atoms with Crippen LogP contribution in [-0.2, 0) is 10.0 Å². The van der Waals surface area contributed by atoms with Gasteiger partial charge in [-0.2, -0.15) is 0 Å². The van der Waals surface area contributed by atoms with Crippen molar-refractivity contribution in [3.63, 3.8) is 0 Å². The van der Waals surface area contributed by atoms with Crippen molar-refractivity contribution in [3.8, 4) is 28.0 Å². The summed E-state index contributed by atoms with van der Waals surface area (Å²) in [7, 11) is -2.17. The van der Waals surface area contributed by atoms with Crippen molar-refractivity contribution in [2.24, 2.45) is 0 Å². The Morgan fingerprint density at radius 3 is 2.39 bits per heavy atom. The summed E-state index contributed by atoms with van der Waals surface area (Å²) in [6.07, 6.45) is 0. The molecular weight excluding hydrogens is 434 g/mol. The van der Waals surface area contributed by atoms with E-state index in [1.807, 2.05) is 30.5 Å². The molecule has 1 heterocycles. The zero-order valence-corrected chi connectivity index (χ0v) is 19.4. The molecule has 3 rings (SSSR count). The maximum absolute atomic E-state index is 12.5. The summed E-state index contributed by atoms with van der Waals surface area (Å²) >= 11 is 1.39. The molecule has 3 aromatic rings. The first-order valence-electron chi connectivity index (χ1n) is 9.69. The Morgan fingerprint density at radius 1 is 1.13 bits per heavy atom. The van der Waals surface area contributed by atoms with Gasteiger partial charge in [-0.3, -0.25) is 4.79 Å². The van der Waals surface area contributed by atoms with Crippen LogP contribution in [0, 0.1) is 6.92 Å². The average molecular weight is 460 g/mol. The number of ketones is 1. The lowest BCUT2D eigenvalue weighted by molar-refractivity contribution is 0.102. The minimum absolute atomic E-state index is 0.0105. The number of thiophene rings is 1. The maximum Gasteiger partial charge on any atom is 0.240 e. The number of carbonyl (C=O) groups excluding carboxylic acids is 1. The molecule has 0 spiro atoms. The van der Waals surface area contributed by atoms with E-state index >= 15 is 0 Å². The molecule has 164 valence electrons. The van der Waals surface area contributed by atoms with Crippen molar-refractivity contribution >= 4 is 27.1 Å². The zero-order valence-electron chi connectivity index (χ0n) is 17.8. The molecule has 6 nitrogen and oxygen atoms in total. The third-order valence-corrected chi connectivity index (χ3v) is 7.55. The maximum atomic E-state index is 12.5. The van der Waals surface area contributed by atoms with E-state index in [1.165, 1.54) is 23.5 Å². The first-order chi connectivity index (χ1) is 14.7. The zero-order chi connectivity index (χ0) is 22.8. The molecule has 2 aromatic carbocycles. The summed E-state index contributed by atoms with van der Waals surface area (Å²) in [6, 6.07) is 11.6. The van der Waals surface area contributed by atoms with Gasteiger partial charge in [0.15, 0.2) is 5.78 Å². The predicted molar refractivity (Wildman–Crippen MR) is 123 cm³/mol. The molecule has 0 aliphatic rings. The second kappa shape index (κ2) is 9.32. The largest absolute Gasteiger partial charge is 0.496 e. The summed E-state index contributed by atoms with van der Waals surface area (Å²) in [4.78, 5) is 12.9. The van der Waals surface area contributed by atoms with Crippen molar-refractivity contribution in [2.75, 3.05) is 13.7 Å². The molecule has 0 saturated heterocycles. The Kier molecular flexibility index (Phi) is 6.96. The number of aliphatic hydroxyl groups excluding tert-OH is 1. The van der Waals surface area contributed by atoms with Crippen LogP contribution >= 0.6 is 11.3 Å². The van der Waals surface area contributed by atoms with E-state index in [4.69, 9.17) is 9.84 Å². The number of sulfonamides is 1. The van der Waals surface area contributed by atoms with Crippen LogP contribution in [-0.4, -0.2) is 39.1 Å². The molecule has 31 heavy (non-hydrogen) atoms. The van der Waals surface area contributed by atoms with E-state index in [9.17, 15) is 13.2 Å². The van der Waals surface area contributed by atoms with Crippen molar-refractivity contribution in [2.45, 2.75) is 31.7 Å². The highest BCUT2D eigenvalue weighted by Crippen LogP contribution is 2.43. The number of aliphatic hydroxyl groups is 1. The Labute approximate surface area is 186 Å². The SMILES string of the molecule is COc1ccc(C)c(-c2ccsc2C(C)=O)c1-c1ccc(S(=O)(=O)NC(C)CO)cc1. The van der Waals surface area contributed by atoms with Gasteiger partial charge in [-0.05, 0) is 67.1 Å². The molecule has 0 saturated carbocycles. The summed E-state index contributed by atoms with van der Waals surface area (Å²) in [5.41, 5.74) is 4.26. The standard InChI is InChI=1S/C23H25NO5S2/c1-14-5-10-20(29-4)22(21(14)19-11-12-30-23(19)16(3)26)17-6-8-18(9-7-17)31(27,28)24-15(2)13-25/h5-12,15,24-25H,13H2,1-4H3. The average Bonchev–Trinajstić information content (AvgIpc) is 3.23. The van der Waals surface area contributed by atoms with Gasteiger partial charge in [-0.15, -0.1) is 11.3 Å². The van der Waals surface area contributed by atoms with E-state index < -0.39 is 16.1 Å². The van der Waals surface area contributed by atoms with E-state index in [-0.39, 0.29) is 17.3 Å². The minimum Gasteiger partial charge on any atom is -0.496 e. The van der Waals surface area contributed by atoms with E-state index in [1.54, 1.807) is 33.1 Å². The van der Waals surface area contributed by atoms with Crippen molar-refractivity contribution in [1.29, 1.82) is 0 Å². The van der Waals surface area contributed by atoms with Crippen LogP contribution < -0.4 is 9.46 Å². The molecule has 0 aliphatic carbocycles. The lowest BCUT2D eigenvalue weighted by atomic mass is 9.90. The number of carbonyl (C=O) groups is 1. The van der Waals surface area contributed by atoms with Crippen LogP contribution in [0.1, 0.15) is 29.1 Å². The number of rotatable bonds is 8. The Hall–Kier alpha value is -2.52. The molecule has 1 atom stereocenters. The number of aryl methyl sites for hydroxylation is 1. The smallest absolute Gasteiger partial charge is 0.240 e. The van der Waals surface area contributed by atoms with Gasteiger partial charge in [-0.25, -0.2) is 13.1 Å². The van der Waals surface area contributed by atoms with Gasteiger partial charge >= 0.3 is 0 Å². The molecule has 1 aromatic heterocycles. The minimum atomic E-state index is -3.75. The van der Waals surface area contributed by atoms with Gasteiger partial charge in [-0.1, -0.05) is 18.2 Å². The van der Waals surface area contributed by atoms with Crippen LogP contribution in [0.5, 0.6) is 5.75 Å². The summed E-state index contributed by atoms with van der Waals surface area (Å²) < 4.78 is 33.1. The molecule has 0 fully saturated rings. The number of nitrogens with one attached hydrogen (secondary N) is 1. The number of Topliss-reactive ketones (excluding diaryl/α,β-unsaturated/α-hetero) is 1. The third-order valence-electron chi connectivity index (χ3n) is 4.93. The Bertz CT molecular complexity index is 1200. The fourth-order valence-corrected chi connectivity index (χ4v) is 5.48. The van der Waals surface area contributed by atoms with Crippen molar-refractivity contribution < 1.29 is 23.1 Å². The van der Waals surface area contributed by atoms with Gasteiger partial charge < -0.3 is 9.84 Å². The van der Waals surface area contributed by atoms with Crippen LogP contribution in [0.2, 0.25) is 0 Å². The molecule has 0 amide bonds. The van der Waals surface area contributed by atoms with Crippen LogP contribution in [0.15, 0.2) is 52.7 Å². The summed E-state index contributed by atoms with van der Waals surface area (Å²) in [6.45, 7) is 4.81. The monoisotopic (exact) mass is 459 g/mol. The molecule has 8 heteroatoms. The van der Waals surface area contributed by atoms with Crippen LogP contribution in [0.4, 0.5) is 0 Å².